The van der Waals surface area contributed by atoms with E-state index in [9.17, 15) is 18.0 Å². The minimum absolute atomic E-state index is 0.0886. The Hall–Kier alpha value is -5.03. The third kappa shape index (κ3) is 9.78. The second-order valence-electron chi connectivity index (χ2n) is 11.8. The SMILES string of the molecule is CCCCNC(=O)[C@H](Cc1ccccc1)N(Cc1ccc(C)cc1)C(=O)CN(c1ccc(OCC)cc1)S(=O)(=O)c1ccc(OC)c(OC)c1. The largest absolute Gasteiger partial charge is 0.494 e. The van der Waals surface area contributed by atoms with E-state index in [2.05, 4.69) is 5.32 Å². The van der Waals surface area contributed by atoms with Gasteiger partial charge in [0.05, 0.1) is 31.4 Å². The molecule has 0 spiro atoms. The molecule has 0 heterocycles. The Balaban J connectivity index is 1.82. The number of amides is 2. The van der Waals surface area contributed by atoms with Gasteiger partial charge in [-0.25, -0.2) is 8.42 Å². The highest BCUT2D eigenvalue weighted by molar-refractivity contribution is 7.92. The molecule has 4 aromatic carbocycles. The maximum atomic E-state index is 14.7. The lowest BCUT2D eigenvalue weighted by molar-refractivity contribution is -0.140. The van der Waals surface area contributed by atoms with Gasteiger partial charge in [0.1, 0.15) is 18.3 Å². The highest BCUT2D eigenvalue weighted by atomic mass is 32.2. The summed E-state index contributed by atoms with van der Waals surface area (Å²) in [6, 6.07) is 27.1. The van der Waals surface area contributed by atoms with E-state index >= 15 is 0 Å². The van der Waals surface area contributed by atoms with E-state index in [4.69, 9.17) is 14.2 Å². The minimum Gasteiger partial charge on any atom is -0.494 e. The van der Waals surface area contributed by atoms with Crippen LogP contribution in [0, 0.1) is 6.92 Å². The molecule has 0 bridgehead atoms. The van der Waals surface area contributed by atoms with Crippen molar-refractivity contribution >= 4 is 27.5 Å². The number of ether oxygens (including phenoxy) is 3. The van der Waals surface area contributed by atoms with Crippen molar-refractivity contribution in [3.8, 4) is 17.2 Å². The molecule has 0 saturated heterocycles. The molecule has 1 N–H and O–H groups in total. The minimum atomic E-state index is -4.36. The highest BCUT2D eigenvalue weighted by Gasteiger charge is 2.35. The number of hydrogen-bond donors (Lipinski definition) is 1. The molecule has 4 aromatic rings. The number of hydrogen-bond acceptors (Lipinski definition) is 7. The van der Waals surface area contributed by atoms with Crippen LogP contribution in [-0.2, 0) is 32.6 Å². The summed E-state index contributed by atoms with van der Waals surface area (Å²) < 4.78 is 46.4. The van der Waals surface area contributed by atoms with Gasteiger partial charge in [-0.1, -0.05) is 73.5 Å². The lowest BCUT2D eigenvalue weighted by Crippen LogP contribution is -2.53. The van der Waals surface area contributed by atoms with Gasteiger partial charge >= 0.3 is 0 Å². The van der Waals surface area contributed by atoms with Crippen molar-refractivity contribution in [3.63, 3.8) is 0 Å². The van der Waals surface area contributed by atoms with Crippen LogP contribution in [0.15, 0.2) is 102 Å². The number of anilines is 1. The van der Waals surface area contributed by atoms with Crippen LogP contribution in [0.1, 0.15) is 43.4 Å². The lowest BCUT2D eigenvalue weighted by atomic mass is 10.0. The van der Waals surface area contributed by atoms with E-state index in [1.165, 1.54) is 37.3 Å². The maximum absolute atomic E-state index is 14.7. The summed E-state index contributed by atoms with van der Waals surface area (Å²) in [7, 11) is -1.48. The van der Waals surface area contributed by atoms with Crippen molar-refractivity contribution in [2.75, 3.05) is 38.2 Å². The van der Waals surface area contributed by atoms with E-state index in [0.717, 1.165) is 33.8 Å². The number of carbonyl (C=O) groups is 2. The van der Waals surface area contributed by atoms with Crippen molar-refractivity contribution in [2.45, 2.75) is 57.5 Å². The number of carbonyl (C=O) groups excluding carboxylic acids is 2. The zero-order valence-electron chi connectivity index (χ0n) is 29.4. The van der Waals surface area contributed by atoms with Crippen LogP contribution in [0.4, 0.5) is 5.69 Å². The van der Waals surface area contributed by atoms with Crippen molar-refractivity contribution in [1.29, 1.82) is 0 Å². The van der Waals surface area contributed by atoms with Gasteiger partial charge in [-0.05, 0) is 67.8 Å². The summed E-state index contributed by atoms with van der Waals surface area (Å²) in [6.45, 7) is 6.26. The molecule has 0 aliphatic heterocycles. The Morgan fingerprint density at radius 3 is 2.12 bits per heavy atom. The Bertz CT molecular complexity index is 1800. The maximum Gasteiger partial charge on any atom is 0.264 e. The van der Waals surface area contributed by atoms with Crippen molar-refractivity contribution in [1.82, 2.24) is 10.2 Å². The predicted molar refractivity (Wildman–Crippen MR) is 195 cm³/mol. The van der Waals surface area contributed by atoms with E-state index < -0.39 is 28.5 Å². The Morgan fingerprint density at radius 2 is 1.50 bits per heavy atom. The van der Waals surface area contributed by atoms with Gasteiger partial charge in [0.2, 0.25) is 11.8 Å². The fourth-order valence-electron chi connectivity index (χ4n) is 5.46. The first-order chi connectivity index (χ1) is 24.1. The summed E-state index contributed by atoms with van der Waals surface area (Å²) in [4.78, 5) is 30.0. The van der Waals surface area contributed by atoms with Crippen LogP contribution in [0.5, 0.6) is 17.2 Å². The molecule has 0 aromatic heterocycles. The zero-order valence-corrected chi connectivity index (χ0v) is 30.2. The molecule has 0 aliphatic carbocycles. The van der Waals surface area contributed by atoms with E-state index in [1.807, 2.05) is 75.4 Å². The Labute approximate surface area is 296 Å². The van der Waals surface area contributed by atoms with Crippen LogP contribution < -0.4 is 23.8 Å². The van der Waals surface area contributed by atoms with Crippen LogP contribution in [0.3, 0.4) is 0 Å². The molecule has 0 unspecified atom stereocenters. The normalized spacial score (nSPS) is 11.7. The quantitative estimate of drug-likeness (QED) is 0.124. The second-order valence-corrected chi connectivity index (χ2v) is 13.7. The van der Waals surface area contributed by atoms with E-state index in [-0.39, 0.29) is 35.2 Å². The van der Waals surface area contributed by atoms with Crippen molar-refractivity contribution < 1.29 is 32.2 Å². The molecule has 10 nitrogen and oxygen atoms in total. The fourth-order valence-corrected chi connectivity index (χ4v) is 6.89. The predicted octanol–water partition coefficient (Wildman–Crippen LogP) is 6.16. The number of rotatable bonds is 18. The average molecular weight is 702 g/mol. The summed E-state index contributed by atoms with van der Waals surface area (Å²) in [5.41, 5.74) is 2.97. The van der Waals surface area contributed by atoms with Gasteiger partial charge in [-0.3, -0.25) is 13.9 Å². The van der Waals surface area contributed by atoms with Gasteiger partial charge in [-0.15, -0.1) is 0 Å². The smallest absolute Gasteiger partial charge is 0.264 e. The van der Waals surface area contributed by atoms with Crippen molar-refractivity contribution in [2.24, 2.45) is 0 Å². The summed E-state index contributed by atoms with van der Waals surface area (Å²) >= 11 is 0. The molecule has 0 saturated carbocycles. The number of aryl methyl sites for hydroxylation is 1. The van der Waals surface area contributed by atoms with Gasteiger partial charge in [0, 0.05) is 25.6 Å². The molecule has 2 amide bonds. The molecule has 50 heavy (non-hydrogen) atoms. The number of unbranched alkanes of at least 4 members (excludes halogenated alkanes) is 1. The molecular weight excluding hydrogens is 655 g/mol. The van der Waals surface area contributed by atoms with Gasteiger partial charge < -0.3 is 24.4 Å². The van der Waals surface area contributed by atoms with Crippen LogP contribution >= 0.6 is 0 Å². The highest BCUT2D eigenvalue weighted by Crippen LogP contribution is 2.33. The third-order valence-electron chi connectivity index (χ3n) is 8.23. The number of nitrogens with zero attached hydrogens (tertiary/aromatic N) is 2. The average Bonchev–Trinajstić information content (AvgIpc) is 3.13. The summed E-state index contributed by atoms with van der Waals surface area (Å²) in [6.07, 6.45) is 1.91. The van der Waals surface area contributed by atoms with Crippen LogP contribution in [-0.4, -0.2) is 65.1 Å². The first-order valence-corrected chi connectivity index (χ1v) is 18.2. The first kappa shape index (κ1) is 37.8. The molecule has 11 heteroatoms. The summed E-state index contributed by atoms with van der Waals surface area (Å²) in [5.74, 6) is 0.281. The van der Waals surface area contributed by atoms with Crippen molar-refractivity contribution in [3.05, 3.63) is 114 Å². The Kier molecular flexibility index (Phi) is 13.7. The summed E-state index contributed by atoms with van der Waals surface area (Å²) in [5, 5.41) is 3.01. The first-order valence-electron chi connectivity index (χ1n) is 16.8. The molecule has 266 valence electrons. The molecule has 0 aliphatic rings. The molecule has 0 radical (unpaired) electrons. The van der Waals surface area contributed by atoms with Gasteiger partial charge in [-0.2, -0.15) is 0 Å². The zero-order chi connectivity index (χ0) is 36.1. The number of methoxy groups -OCH3 is 2. The van der Waals surface area contributed by atoms with Gasteiger partial charge in [0.25, 0.3) is 10.0 Å². The third-order valence-corrected chi connectivity index (χ3v) is 10.0. The topological polar surface area (TPSA) is 114 Å². The van der Waals surface area contributed by atoms with E-state index in [1.54, 1.807) is 24.3 Å². The lowest BCUT2D eigenvalue weighted by Gasteiger charge is -2.34. The standard InChI is InChI=1S/C39H47N3O7S/c1-6-8-24-40-39(44)35(25-30-12-10-9-11-13-30)41(27-31-16-14-29(3)15-17-31)38(43)28-42(32-18-20-33(21-19-32)49-7-2)50(45,46)34-22-23-36(47-4)37(26-34)48-5/h9-23,26,35H,6-8,24-25,27-28H2,1-5H3,(H,40,44)/t35-/m0/s1. The van der Waals surface area contributed by atoms with Gasteiger partial charge in [0.15, 0.2) is 11.5 Å². The molecule has 4 rings (SSSR count). The Morgan fingerprint density at radius 1 is 0.820 bits per heavy atom. The van der Waals surface area contributed by atoms with E-state index in [0.29, 0.717) is 24.7 Å². The molecule has 1 atom stereocenters. The monoisotopic (exact) mass is 701 g/mol. The van der Waals surface area contributed by atoms with Crippen LogP contribution in [0.2, 0.25) is 0 Å². The number of nitrogens with one attached hydrogen (secondary N) is 1. The number of benzene rings is 4. The number of sulfonamides is 1. The molecule has 0 fully saturated rings. The second kappa shape index (κ2) is 18.1. The molecular formula is C39H47N3O7S. The fraction of sp³-hybridized carbons (Fsp3) is 0.333. The van der Waals surface area contributed by atoms with Crippen LogP contribution in [0.25, 0.3) is 0 Å².